The van der Waals surface area contributed by atoms with Crippen LogP contribution >= 0.6 is 0 Å². The Hall–Kier alpha value is -3.26. The van der Waals surface area contributed by atoms with Crippen molar-refractivity contribution in [2.24, 2.45) is 0 Å². The van der Waals surface area contributed by atoms with Gasteiger partial charge in [-0.15, -0.1) is 0 Å². The van der Waals surface area contributed by atoms with E-state index in [0.717, 1.165) is 22.5 Å². The van der Waals surface area contributed by atoms with E-state index >= 15 is 0 Å². The van der Waals surface area contributed by atoms with Gasteiger partial charge in [0.25, 0.3) is 0 Å². The molecule has 138 valence electrons. The summed E-state index contributed by atoms with van der Waals surface area (Å²) < 4.78 is 0. The summed E-state index contributed by atoms with van der Waals surface area (Å²) in [6.45, 7) is 4.63. The van der Waals surface area contributed by atoms with Crippen molar-refractivity contribution >= 4 is 30.4 Å². The molecule has 4 aromatic carbocycles. The SMILES string of the molecule is [B]c1cccc(N(c2ccccc2)c2ccc3c(c2)C(C)(C)c2ccccc2-3)c1. The maximum Gasteiger partial charge on any atom is 0.113 e. The molecule has 0 saturated carbocycles. The number of benzene rings is 4. The monoisotopic (exact) mass is 371 g/mol. The van der Waals surface area contributed by atoms with E-state index in [4.69, 9.17) is 7.85 Å². The smallest absolute Gasteiger partial charge is 0.113 e. The van der Waals surface area contributed by atoms with Crippen molar-refractivity contribution in [1.29, 1.82) is 0 Å². The third kappa shape index (κ3) is 2.87. The maximum atomic E-state index is 6.12. The number of hydrogen-bond donors (Lipinski definition) is 0. The Labute approximate surface area is 174 Å². The maximum absolute atomic E-state index is 6.12. The fraction of sp³-hybridized carbons (Fsp3) is 0.111. The van der Waals surface area contributed by atoms with Crippen LogP contribution in [0, 0.1) is 0 Å². The van der Waals surface area contributed by atoms with Gasteiger partial charge < -0.3 is 4.90 Å². The van der Waals surface area contributed by atoms with Crippen LogP contribution in [0.1, 0.15) is 25.0 Å². The van der Waals surface area contributed by atoms with E-state index < -0.39 is 0 Å². The van der Waals surface area contributed by atoms with Crippen LogP contribution in [0.2, 0.25) is 0 Å². The highest BCUT2D eigenvalue weighted by Gasteiger charge is 2.35. The van der Waals surface area contributed by atoms with Gasteiger partial charge in [0.05, 0.1) is 0 Å². The molecule has 0 N–H and O–H groups in total. The summed E-state index contributed by atoms with van der Waals surface area (Å²) in [5, 5.41) is 0. The predicted octanol–water partition coefficient (Wildman–Crippen LogP) is 6.26. The molecule has 0 aliphatic heterocycles. The van der Waals surface area contributed by atoms with Crippen molar-refractivity contribution in [3.05, 3.63) is 108 Å². The number of anilines is 3. The summed E-state index contributed by atoms with van der Waals surface area (Å²) >= 11 is 0. The molecule has 2 heteroatoms. The molecular formula is C27H22BN. The highest BCUT2D eigenvalue weighted by atomic mass is 15.1. The van der Waals surface area contributed by atoms with E-state index in [9.17, 15) is 0 Å². The normalized spacial score (nSPS) is 13.6. The van der Waals surface area contributed by atoms with Gasteiger partial charge in [-0.25, -0.2) is 0 Å². The first kappa shape index (κ1) is 17.8. The highest BCUT2D eigenvalue weighted by Crippen LogP contribution is 2.50. The number of rotatable bonds is 3. The van der Waals surface area contributed by atoms with E-state index in [1.54, 1.807) is 0 Å². The van der Waals surface area contributed by atoms with Gasteiger partial charge in [-0.05, 0) is 58.7 Å². The van der Waals surface area contributed by atoms with E-state index in [2.05, 4.69) is 91.5 Å². The summed E-state index contributed by atoms with van der Waals surface area (Å²) in [5.74, 6) is 0. The van der Waals surface area contributed by atoms with Gasteiger partial charge in [-0.1, -0.05) is 80.0 Å². The van der Waals surface area contributed by atoms with Gasteiger partial charge in [0.2, 0.25) is 0 Å². The minimum atomic E-state index is -0.0278. The predicted molar refractivity (Wildman–Crippen MR) is 124 cm³/mol. The molecule has 4 aromatic rings. The van der Waals surface area contributed by atoms with E-state index in [0.29, 0.717) is 0 Å². The lowest BCUT2D eigenvalue weighted by molar-refractivity contribution is 0.660. The van der Waals surface area contributed by atoms with Crippen LogP contribution in [0.5, 0.6) is 0 Å². The second kappa shape index (κ2) is 6.67. The van der Waals surface area contributed by atoms with Gasteiger partial charge in [-0.2, -0.15) is 0 Å². The summed E-state index contributed by atoms with van der Waals surface area (Å²) in [6.07, 6.45) is 0. The minimum absolute atomic E-state index is 0.0278. The third-order valence-electron chi connectivity index (χ3n) is 5.97. The molecule has 1 aliphatic carbocycles. The molecule has 0 atom stereocenters. The largest absolute Gasteiger partial charge is 0.311 e. The molecule has 1 aliphatic rings. The Morgan fingerprint density at radius 1 is 0.586 bits per heavy atom. The van der Waals surface area contributed by atoms with Crippen LogP contribution in [-0.2, 0) is 5.41 Å². The first-order chi connectivity index (χ1) is 14.1. The van der Waals surface area contributed by atoms with Crippen molar-refractivity contribution in [2.75, 3.05) is 4.90 Å². The average Bonchev–Trinajstić information content (AvgIpc) is 2.97. The molecule has 1 nitrogen and oxygen atoms in total. The van der Waals surface area contributed by atoms with Crippen LogP contribution in [0.3, 0.4) is 0 Å². The fourth-order valence-electron chi connectivity index (χ4n) is 4.52. The number of para-hydroxylation sites is 1. The van der Waals surface area contributed by atoms with Crippen molar-refractivity contribution in [1.82, 2.24) is 0 Å². The van der Waals surface area contributed by atoms with Gasteiger partial charge in [-0.3, -0.25) is 0 Å². The Morgan fingerprint density at radius 3 is 2.03 bits per heavy atom. The Kier molecular flexibility index (Phi) is 4.10. The molecule has 0 fully saturated rings. The van der Waals surface area contributed by atoms with E-state index in [-0.39, 0.29) is 5.41 Å². The first-order valence-electron chi connectivity index (χ1n) is 10.0. The van der Waals surface area contributed by atoms with Crippen molar-refractivity contribution in [3.63, 3.8) is 0 Å². The van der Waals surface area contributed by atoms with Crippen LogP contribution in [-0.4, -0.2) is 7.85 Å². The number of nitrogens with zero attached hydrogens (tertiary/aromatic N) is 1. The molecule has 0 amide bonds. The van der Waals surface area contributed by atoms with Crippen LogP contribution in [0.25, 0.3) is 11.1 Å². The lowest BCUT2D eigenvalue weighted by Crippen LogP contribution is -2.17. The Balaban J connectivity index is 1.70. The lowest BCUT2D eigenvalue weighted by atomic mass is 9.82. The van der Waals surface area contributed by atoms with E-state index in [1.807, 2.05) is 24.3 Å². The number of fused-ring (bicyclic) bond motifs is 3. The molecule has 29 heavy (non-hydrogen) atoms. The second-order valence-corrected chi connectivity index (χ2v) is 8.17. The van der Waals surface area contributed by atoms with Crippen molar-refractivity contribution in [2.45, 2.75) is 19.3 Å². The van der Waals surface area contributed by atoms with Crippen LogP contribution in [0.15, 0.2) is 97.1 Å². The Morgan fingerprint density at radius 2 is 1.24 bits per heavy atom. The summed E-state index contributed by atoms with van der Waals surface area (Å²) in [4.78, 5) is 2.27. The van der Waals surface area contributed by atoms with Gasteiger partial charge in [0.15, 0.2) is 0 Å². The highest BCUT2D eigenvalue weighted by molar-refractivity contribution is 6.32. The summed E-state index contributed by atoms with van der Waals surface area (Å²) in [6, 6.07) is 34.1. The molecule has 0 heterocycles. The molecule has 2 radical (unpaired) electrons. The molecule has 0 spiro atoms. The quantitative estimate of drug-likeness (QED) is 0.385. The molecule has 0 saturated heterocycles. The zero-order valence-corrected chi connectivity index (χ0v) is 16.8. The van der Waals surface area contributed by atoms with Crippen molar-refractivity contribution < 1.29 is 0 Å². The van der Waals surface area contributed by atoms with E-state index in [1.165, 1.54) is 22.3 Å². The zero-order chi connectivity index (χ0) is 20.0. The standard InChI is InChI=1S/C27H22BN/c1-27(2)25-14-7-6-13-23(25)24-16-15-22(18-26(24)27)29(20-10-4-3-5-11-20)21-12-8-9-19(28)17-21/h3-18H,1-2H3. The summed E-state index contributed by atoms with van der Waals surface area (Å²) in [7, 11) is 6.12. The van der Waals surface area contributed by atoms with Gasteiger partial charge >= 0.3 is 0 Å². The first-order valence-corrected chi connectivity index (χ1v) is 10.0. The molecule has 0 unspecified atom stereocenters. The van der Waals surface area contributed by atoms with Crippen molar-refractivity contribution in [3.8, 4) is 11.1 Å². The average molecular weight is 371 g/mol. The third-order valence-corrected chi connectivity index (χ3v) is 5.97. The number of hydrogen-bond acceptors (Lipinski definition) is 1. The molecule has 0 bridgehead atoms. The topological polar surface area (TPSA) is 3.24 Å². The lowest BCUT2D eigenvalue weighted by Gasteiger charge is -2.28. The minimum Gasteiger partial charge on any atom is -0.311 e. The van der Waals surface area contributed by atoms with Crippen LogP contribution in [0.4, 0.5) is 17.1 Å². The fourth-order valence-corrected chi connectivity index (χ4v) is 4.52. The van der Waals surface area contributed by atoms with Gasteiger partial charge in [0.1, 0.15) is 7.85 Å². The molecular weight excluding hydrogens is 349 g/mol. The Bertz CT molecular complexity index is 1190. The second-order valence-electron chi connectivity index (χ2n) is 8.17. The summed E-state index contributed by atoms with van der Waals surface area (Å²) in [5.41, 5.74) is 9.47. The van der Waals surface area contributed by atoms with Crippen LogP contribution < -0.4 is 10.4 Å². The van der Waals surface area contributed by atoms with Gasteiger partial charge in [0, 0.05) is 22.5 Å². The molecule has 5 rings (SSSR count). The molecule has 0 aromatic heterocycles. The zero-order valence-electron chi connectivity index (χ0n) is 16.8.